The summed E-state index contributed by atoms with van der Waals surface area (Å²) in [6, 6.07) is 12.6. The van der Waals surface area contributed by atoms with Gasteiger partial charge in [-0.1, -0.05) is 61.9 Å². The number of hydrogen-bond acceptors (Lipinski definition) is 16. The molecule has 3 aromatic heterocycles. The molecule has 17 nitrogen and oxygen atoms in total. The lowest BCUT2D eigenvalue weighted by atomic mass is 9.79. The standard InChI is InChI=1S/C49H68N6O11/c1-8-43-35(27-56)19-29(2)13-16-41(58)30(3)20-34(48(31(4)42(59)22-44(60)65-43)66-49-47(62)45(53(6)7)46(61)32(5)63-49)17-18-54(26-38-14-15-39(28-57)64-38)24-36-25-55(52-51-36)37-21-33-11-9-10-12-40(33)50-23-37/h9-16,19,21,23,25,30-32,34-35,42-43,45-49,56-57,59,61-62H,8,17-18,20,22,24,26-28H2,1-7H3/b16-13+,29-19+/t30-,31+,32-,34+,35-,42-,43-,45+,46-,47-,48-,49+/m1/s1. The van der Waals surface area contributed by atoms with Gasteiger partial charge in [-0.05, 0) is 90.0 Å². The van der Waals surface area contributed by atoms with Crippen molar-refractivity contribution in [3.05, 3.63) is 95.9 Å². The summed E-state index contributed by atoms with van der Waals surface area (Å²) >= 11 is 0. The molecule has 0 bridgehead atoms. The first kappa shape index (κ1) is 50.7. The van der Waals surface area contributed by atoms with Crippen molar-refractivity contribution in [3.63, 3.8) is 0 Å². The number of aliphatic hydroxyl groups is 5. The molecule has 0 spiro atoms. The first-order valence-corrected chi connectivity index (χ1v) is 23.0. The molecule has 0 amide bonds. The number of benzene rings is 1. The van der Waals surface area contributed by atoms with Crippen LogP contribution in [0.4, 0.5) is 0 Å². The van der Waals surface area contributed by atoms with Crippen LogP contribution >= 0.6 is 0 Å². The number of carbonyl (C=O) groups is 2. The van der Waals surface area contributed by atoms with Crippen LogP contribution in [0.25, 0.3) is 16.6 Å². The van der Waals surface area contributed by atoms with E-state index in [-0.39, 0.29) is 31.8 Å². The number of likely N-dealkylation sites (N-methyl/N-ethyl adjacent to an activating group) is 1. The van der Waals surface area contributed by atoms with E-state index in [1.807, 2.05) is 57.3 Å². The lowest BCUT2D eigenvalue weighted by Crippen LogP contribution is -2.63. The van der Waals surface area contributed by atoms with E-state index in [1.54, 1.807) is 68.0 Å². The minimum atomic E-state index is -1.31. The molecule has 5 N–H and O–H groups in total. The van der Waals surface area contributed by atoms with Crippen LogP contribution in [-0.2, 0) is 43.5 Å². The number of pyridine rings is 1. The highest BCUT2D eigenvalue weighted by Crippen LogP contribution is 2.35. The number of rotatable bonds is 14. The van der Waals surface area contributed by atoms with Crippen LogP contribution < -0.4 is 0 Å². The number of cyclic esters (lactones) is 1. The Hall–Kier alpha value is -4.69. The zero-order chi connectivity index (χ0) is 47.7. The van der Waals surface area contributed by atoms with E-state index in [2.05, 4.69) is 20.2 Å². The maximum atomic E-state index is 14.0. The van der Waals surface area contributed by atoms with Crippen LogP contribution in [0.2, 0.25) is 0 Å². The van der Waals surface area contributed by atoms with Gasteiger partial charge in [0, 0.05) is 29.7 Å². The highest BCUT2D eigenvalue weighted by atomic mass is 16.7. The smallest absolute Gasteiger partial charge is 0.308 e. The minimum absolute atomic E-state index is 0.145. The molecule has 1 aromatic carbocycles. The number of carbonyl (C=O) groups excluding carboxylic acids is 2. The molecule has 360 valence electrons. The molecule has 0 aliphatic carbocycles. The predicted molar refractivity (Wildman–Crippen MR) is 244 cm³/mol. The van der Waals surface area contributed by atoms with Gasteiger partial charge < -0.3 is 49.1 Å². The van der Waals surface area contributed by atoms with Gasteiger partial charge in [0.2, 0.25) is 0 Å². The maximum Gasteiger partial charge on any atom is 0.308 e. The topological polar surface area (TPSA) is 226 Å². The summed E-state index contributed by atoms with van der Waals surface area (Å²) < 4.78 is 26.5. The fourth-order valence-corrected chi connectivity index (χ4v) is 9.14. The number of hydrogen-bond donors (Lipinski definition) is 5. The Bertz CT molecular complexity index is 2260. The van der Waals surface area contributed by atoms with Crippen LogP contribution in [0.5, 0.6) is 0 Å². The second kappa shape index (κ2) is 23.4. The van der Waals surface area contributed by atoms with Crippen LogP contribution in [-0.4, -0.2) is 143 Å². The quantitative estimate of drug-likeness (QED) is 0.112. The van der Waals surface area contributed by atoms with Crippen molar-refractivity contribution in [2.75, 3.05) is 27.2 Å². The average molecular weight is 917 g/mol. The van der Waals surface area contributed by atoms with E-state index in [1.165, 1.54) is 6.08 Å². The fraction of sp³-hybridized carbons (Fsp3) is 0.571. The van der Waals surface area contributed by atoms with Gasteiger partial charge in [-0.2, -0.15) is 0 Å². The molecule has 66 heavy (non-hydrogen) atoms. The number of nitrogens with zero attached hydrogens (tertiary/aromatic N) is 6. The number of ether oxygens (including phenoxy) is 3. The highest BCUT2D eigenvalue weighted by Gasteiger charge is 2.47. The van der Waals surface area contributed by atoms with E-state index in [9.17, 15) is 35.1 Å². The predicted octanol–water partition coefficient (Wildman–Crippen LogP) is 4.12. The minimum Gasteiger partial charge on any atom is -0.462 e. The van der Waals surface area contributed by atoms with Gasteiger partial charge in [-0.3, -0.25) is 19.5 Å². The Morgan fingerprint density at radius 2 is 1.73 bits per heavy atom. The fourth-order valence-electron chi connectivity index (χ4n) is 9.14. The van der Waals surface area contributed by atoms with Crippen LogP contribution in [0.1, 0.15) is 77.5 Å². The number of esters is 1. The number of aromatic nitrogens is 4. The van der Waals surface area contributed by atoms with E-state index >= 15 is 0 Å². The average Bonchev–Trinajstić information content (AvgIpc) is 3.97. The van der Waals surface area contributed by atoms with Crippen molar-refractivity contribution in [1.29, 1.82) is 0 Å². The van der Waals surface area contributed by atoms with Crippen molar-refractivity contribution >= 4 is 22.7 Å². The van der Waals surface area contributed by atoms with Gasteiger partial charge in [0.15, 0.2) is 12.1 Å². The molecule has 5 heterocycles. The second-order valence-corrected chi connectivity index (χ2v) is 18.3. The van der Waals surface area contributed by atoms with E-state index < -0.39 is 78.6 Å². The molecule has 0 unspecified atom stereocenters. The Morgan fingerprint density at radius 1 is 0.970 bits per heavy atom. The van der Waals surface area contributed by atoms with Crippen LogP contribution in [0.15, 0.2) is 83.1 Å². The molecule has 0 saturated carbocycles. The number of furan rings is 1. The number of fused-ring (bicyclic) bond motifs is 1. The van der Waals surface area contributed by atoms with Gasteiger partial charge in [0.1, 0.15) is 30.3 Å². The number of ketones is 1. The maximum absolute atomic E-state index is 14.0. The molecule has 1 saturated heterocycles. The Morgan fingerprint density at radius 3 is 2.44 bits per heavy atom. The molecule has 6 rings (SSSR count). The zero-order valence-electron chi connectivity index (χ0n) is 39.1. The van der Waals surface area contributed by atoms with Crippen molar-refractivity contribution in [2.45, 2.75) is 129 Å². The first-order valence-electron chi connectivity index (χ1n) is 23.0. The molecule has 2 aliphatic heterocycles. The Balaban J connectivity index is 1.36. The van der Waals surface area contributed by atoms with E-state index in [0.29, 0.717) is 55.3 Å². The monoisotopic (exact) mass is 916 g/mol. The van der Waals surface area contributed by atoms with Crippen molar-refractivity contribution in [1.82, 2.24) is 29.8 Å². The summed E-state index contributed by atoms with van der Waals surface area (Å²) in [5, 5.41) is 64.7. The van der Waals surface area contributed by atoms with Crippen molar-refractivity contribution < 1.29 is 53.7 Å². The molecule has 1 fully saturated rings. The molecule has 4 aromatic rings. The van der Waals surface area contributed by atoms with E-state index in [0.717, 1.165) is 16.6 Å². The summed E-state index contributed by atoms with van der Waals surface area (Å²) in [4.78, 5) is 35.9. The molecule has 0 radical (unpaired) electrons. The van der Waals surface area contributed by atoms with Crippen molar-refractivity contribution in [3.8, 4) is 5.69 Å². The van der Waals surface area contributed by atoms with Crippen molar-refractivity contribution in [2.24, 2.45) is 23.7 Å². The van der Waals surface area contributed by atoms with Crippen LogP contribution in [0.3, 0.4) is 0 Å². The van der Waals surface area contributed by atoms with Crippen LogP contribution in [0, 0.1) is 23.7 Å². The molecular formula is C49H68N6O11. The zero-order valence-corrected chi connectivity index (χ0v) is 39.1. The molecule has 12 atom stereocenters. The Labute approximate surface area is 386 Å². The second-order valence-electron chi connectivity index (χ2n) is 18.3. The molecular weight excluding hydrogens is 849 g/mol. The van der Waals surface area contributed by atoms with Gasteiger partial charge in [-0.15, -0.1) is 5.10 Å². The molecule has 17 heteroatoms. The third-order valence-corrected chi connectivity index (χ3v) is 13.0. The summed E-state index contributed by atoms with van der Waals surface area (Å²) in [6.07, 6.45) is 2.05. The van der Waals surface area contributed by atoms with Gasteiger partial charge in [0.05, 0.1) is 79.3 Å². The lowest BCUT2D eigenvalue weighted by molar-refractivity contribution is -0.304. The summed E-state index contributed by atoms with van der Waals surface area (Å²) in [5.74, 6) is -2.13. The third kappa shape index (κ3) is 12.8. The Kier molecular flexibility index (Phi) is 17.9. The summed E-state index contributed by atoms with van der Waals surface area (Å²) in [7, 11) is 3.49. The van der Waals surface area contributed by atoms with Gasteiger partial charge in [-0.25, -0.2) is 4.68 Å². The number of allylic oxidation sites excluding steroid dienone is 3. The number of aliphatic hydroxyl groups excluding tert-OH is 5. The van der Waals surface area contributed by atoms with Gasteiger partial charge >= 0.3 is 5.97 Å². The number of para-hydroxylation sites is 1. The van der Waals surface area contributed by atoms with Gasteiger partial charge in [0.25, 0.3) is 0 Å². The van der Waals surface area contributed by atoms with E-state index in [4.69, 9.17) is 18.6 Å². The first-order chi connectivity index (χ1) is 31.6. The largest absolute Gasteiger partial charge is 0.462 e. The highest BCUT2D eigenvalue weighted by molar-refractivity contribution is 5.91. The summed E-state index contributed by atoms with van der Waals surface area (Å²) in [5.41, 5.74) is 2.96. The molecule has 2 aliphatic rings. The lowest BCUT2D eigenvalue weighted by Gasteiger charge is -2.46. The SMILES string of the molecule is CC[C@H]1OC(=O)C[C@@H](O)[C@H](C)[C@@H](O[C@@H]2O[C@H](C)[C@@H](O)[C@H](N(C)C)[C@H]2O)[C@@H](CCN(Cc2cn(-c3cnc4ccccc4c3)nn2)Cc2ccc(CO)o2)C[C@@H](C)C(=O)/C=C/C(C)=C/[C@@H]1CO. The normalized spacial score (nSPS) is 31.0. The summed E-state index contributed by atoms with van der Waals surface area (Å²) in [6.45, 7) is 9.42. The third-order valence-electron chi connectivity index (χ3n) is 13.0.